The maximum Gasteiger partial charge on any atom is 0.192 e. The largest absolute Gasteiger partial charge is 0.379 e. The van der Waals surface area contributed by atoms with Gasteiger partial charge in [0.2, 0.25) is 0 Å². The van der Waals surface area contributed by atoms with Gasteiger partial charge in [0.25, 0.3) is 0 Å². The van der Waals surface area contributed by atoms with Crippen molar-refractivity contribution in [2.45, 2.75) is 57.7 Å². The van der Waals surface area contributed by atoms with E-state index in [0.717, 1.165) is 70.0 Å². The Labute approximate surface area is 208 Å². The summed E-state index contributed by atoms with van der Waals surface area (Å²) in [7, 11) is 2.00. The van der Waals surface area contributed by atoms with Crippen molar-refractivity contribution in [3.05, 3.63) is 11.6 Å². The predicted octanol–water partition coefficient (Wildman–Crippen LogP) is 1.46. The molecule has 0 bridgehead atoms. The minimum Gasteiger partial charge on any atom is -0.379 e. The van der Waals surface area contributed by atoms with Crippen molar-refractivity contribution in [1.82, 2.24) is 30.3 Å². The normalized spacial score (nSPS) is 29.4. The average Bonchev–Trinajstić information content (AvgIpc) is 3.52. The zero-order chi connectivity index (χ0) is 21.3. The maximum absolute atomic E-state index is 6.17. The van der Waals surface area contributed by atoms with Crippen LogP contribution in [0, 0.1) is 18.3 Å². The van der Waals surface area contributed by atoms with Gasteiger partial charge in [0.05, 0.1) is 19.3 Å². The van der Waals surface area contributed by atoms with Gasteiger partial charge in [-0.3, -0.25) is 4.90 Å². The summed E-state index contributed by atoms with van der Waals surface area (Å²) < 4.78 is 13.7. The number of halogens is 1. The highest BCUT2D eigenvalue weighted by molar-refractivity contribution is 14.0. The molecule has 1 aromatic rings. The molecular formula is C22H38IN7O2. The summed E-state index contributed by atoms with van der Waals surface area (Å²) in [6.45, 7) is 8.94. The van der Waals surface area contributed by atoms with Crippen LogP contribution in [0.1, 0.15) is 43.8 Å². The lowest BCUT2D eigenvalue weighted by Gasteiger charge is -2.57. The highest BCUT2D eigenvalue weighted by Gasteiger charge is 2.65. The number of morpholine rings is 1. The standard InChI is InChI=1S/C22H37N7O2.HI/c1-16-26-27-18(28(16)2)15-24-21(23-8-9-29-10-13-30-14-11-29)25-19-17-5-12-31-20(17)22(19)6-3-4-7-22;/h17,19-20H,3-15H2,1-2H3,(H2,23,24,25);1H. The summed E-state index contributed by atoms with van der Waals surface area (Å²) in [4.78, 5) is 7.38. The van der Waals surface area contributed by atoms with Crippen LogP contribution in [-0.4, -0.2) is 83.8 Å². The van der Waals surface area contributed by atoms with Crippen LogP contribution in [0.15, 0.2) is 4.99 Å². The molecule has 1 spiro atoms. The first-order chi connectivity index (χ1) is 15.2. The number of rotatable bonds is 6. The fourth-order valence-corrected chi connectivity index (χ4v) is 6.10. The molecule has 4 fully saturated rings. The molecular weight excluding hydrogens is 521 g/mol. The minimum absolute atomic E-state index is 0. The molecule has 3 heterocycles. The first-order valence-corrected chi connectivity index (χ1v) is 12.0. The van der Waals surface area contributed by atoms with E-state index in [0.29, 0.717) is 30.0 Å². The molecule has 2 N–H and O–H groups in total. The van der Waals surface area contributed by atoms with Crippen molar-refractivity contribution in [2.24, 2.45) is 23.4 Å². The fourth-order valence-electron chi connectivity index (χ4n) is 6.10. The Morgan fingerprint density at radius 1 is 1.19 bits per heavy atom. The highest BCUT2D eigenvalue weighted by Crippen LogP contribution is 2.60. The van der Waals surface area contributed by atoms with E-state index in [2.05, 4.69) is 25.7 Å². The van der Waals surface area contributed by atoms with Crippen LogP contribution in [0.3, 0.4) is 0 Å². The monoisotopic (exact) mass is 559 g/mol. The number of hydrogen-bond acceptors (Lipinski definition) is 6. The number of ether oxygens (including phenoxy) is 2. The van der Waals surface area contributed by atoms with Gasteiger partial charge in [0, 0.05) is 57.2 Å². The van der Waals surface area contributed by atoms with Crippen LogP contribution < -0.4 is 10.6 Å². The Kier molecular flexibility index (Phi) is 7.94. The van der Waals surface area contributed by atoms with E-state index in [4.69, 9.17) is 14.5 Å². The molecule has 9 nitrogen and oxygen atoms in total. The zero-order valence-electron chi connectivity index (χ0n) is 19.4. The topological polar surface area (TPSA) is 88.8 Å². The van der Waals surface area contributed by atoms with Crippen LogP contribution in [0.2, 0.25) is 0 Å². The van der Waals surface area contributed by atoms with Crippen molar-refractivity contribution in [3.63, 3.8) is 0 Å². The predicted molar refractivity (Wildman–Crippen MR) is 133 cm³/mol. The fraction of sp³-hybridized carbons (Fsp3) is 0.864. The molecule has 2 saturated heterocycles. The van der Waals surface area contributed by atoms with Gasteiger partial charge in [-0.15, -0.1) is 34.2 Å². The van der Waals surface area contributed by atoms with Crippen LogP contribution >= 0.6 is 24.0 Å². The maximum atomic E-state index is 6.17. The van der Waals surface area contributed by atoms with Crippen molar-refractivity contribution in [2.75, 3.05) is 46.0 Å². The van der Waals surface area contributed by atoms with Crippen LogP contribution in [-0.2, 0) is 23.1 Å². The third kappa shape index (κ3) is 4.65. The first-order valence-electron chi connectivity index (χ1n) is 12.0. The molecule has 10 heteroatoms. The van der Waals surface area contributed by atoms with Gasteiger partial charge in [-0.1, -0.05) is 12.8 Å². The Morgan fingerprint density at radius 3 is 2.69 bits per heavy atom. The van der Waals surface area contributed by atoms with E-state index in [1.807, 2.05) is 18.5 Å². The molecule has 4 aliphatic rings. The number of nitrogens with zero attached hydrogens (tertiary/aromatic N) is 5. The van der Waals surface area contributed by atoms with Crippen LogP contribution in [0.4, 0.5) is 0 Å². The average molecular weight is 559 g/mol. The molecule has 3 atom stereocenters. The smallest absolute Gasteiger partial charge is 0.192 e. The minimum atomic E-state index is 0. The number of aliphatic imine (C=N–C) groups is 1. The number of aromatic nitrogens is 3. The number of guanidine groups is 1. The van der Waals surface area contributed by atoms with Gasteiger partial charge < -0.3 is 24.7 Å². The third-order valence-corrected chi connectivity index (χ3v) is 7.96. The number of fused-ring (bicyclic) bond motifs is 2. The molecule has 32 heavy (non-hydrogen) atoms. The highest BCUT2D eigenvalue weighted by atomic mass is 127. The summed E-state index contributed by atoms with van der Waals surface area (Å²) in [6.07, 6.45) is 6.79. The lowest BCUT2D eigenvalue weighted by atomic mass is 9.54. The number of aryl methyl sites for hydroxylation is 1. The zero-order valence-corrected chi connectivity index (χ0v) is 21.7. The molecule has 0 radical (unpaired) electrons. The molecule has 2 saturated carbocycles. The summed E-state index contributed by atoms with van der Waals surface area (Å²) in [5.41, 5.74) is 0.301. The van der Waals surface area contributed by atoms with Gasteiger partial charge in [0.15, 0.2) is 11.8 Å². The van der Waals surface area contributed by atoms with Crippen molar-refractivity contribution in [1.29, 1.82) is 0 Å². The van der Waals surface area contributed by atoms with Gasteiger partial charge in [0.1, 0.15) is 12.4 Å². The molecule has 1 aromatic heterocycles. The number of hydrogen-bond donors (Lipinski definition) is 2. The van der Waals surface area contributed by atoms with Crippen LogP contribution in [0.25, 0.3) is 0 Å². The van der Waals surface area contributed by atoms with E-state index < -0.39 is 0 Å². The Balaban J connectivity index is 0.00000245. The molecule has 3 unspecified atom stereocenters. The third-order valence-electron chi connectivity index (χ3n) is 7.96. The van der Waals surface area contributed by atoms with Crippen molar-refractivity contribution in [3.8, 4) is 0 Å². The summed E-state index contributed by atoms with van der Waals surface area (Å²) in [5.74, 6) is 3.31. The van der Waals surface area contributed by atoms with E-state index >= 15 is 0 Å². The summed E-state index contributed by atoms with van der Waals surface area (Å²) in [5, 5.41) is 15.9. The Hall–Kier alpha value is -0.980. The lowest BCUT2D eigenvalue weighted by molar-refractivity contribution is -0.125. The van der Waals surface area contributed by atoms with Gasteiger partial charge in [-0.2, -0.15) is 0 Å². The summed E-state index contributed by atoms with van der Waals surface area (Å²) >= 11 is 0. The second-order valence-corrected chi connectivity index (χ2v) is 9.57. The van der Waals surface area contributed by atoms with Crippen molar-refractivity contribution < 1.29 is 9.47 Å². The molecule has 0 aromatic carbocycles. The molecule has 5 rings (SSSR count). The van der Waals surface area contributed by atoms with E-state index in [1.54, 1.807) is 0 Å². The molecule has 180 valence electrons. The second-order valence-electron chi connectivity index (χ2n) is 9.57. The van der Waals surface area contributed by atoms with Gasteiger partial charge in [-0.05, 0) is 26.2 Å². The van der Waals surface area contributed by atoms with E-state index in [-0.39, 0.29) is 24.0 Å². The second kappa shape index (κ2) is 10.5. The quantitative estimate of drug-likeness (QED) is 0.310. The molecule has 2 aliphatic heterocycles. The first kappa shape index (κ1) is 24.2. The van der Waals surface area contributed by atoms with Crippen LogP contribution in [0.5, 0.6) is 0 Å². The van der Waals surface area contributed by atoms with Crippen molar-refractivity contribution >= 4 is 29.9 Å². The molecule has 0 amide bonds. The van der Waals surface area contributed by atoms with E-state index in [1.165, 1.54) is 25.7 Å². The molecule has 2 aliphatic carbocycles. The van der Waals surface area contributed by atoms with Gasteiger partial charge in [-0.25, -0.2) is 4.99 Å². The Morgan fingerprint density at radius 2 is 1.97 bits per heavy atom. The number of nitrogens with one attached hydrogen (secondary N) is 2. The Bertz CT molecular complexity index is 789. The summed E-state index contributed by atoms with van der Waals surface area (Å²) in [6, 6.07) is 0.457. The van der Waals surface area contributed by atoms with E-state index in [9.17, 15) is 0 Å². The SMILES string of the molecule is Cc1nnc(CN=C(NCCN2CCOCC2)NC2C3CCOC3C23CCCC3)n1C.I. The van der Waals surface area contributed by atoms with Gasteiger partial charge >= 0.3 is 0 Å². The lowest BCUT2D eigenvalue weighted by Crippen LogP contribution is -2.69.